The second-order valence-corrected chi connectivity index (χ2v) is 9.46. The first kappa shape index (κ1) is 19.3. The topological polar surface area (TPSA) is 88.8 Å². The summed E-state index contributed by atoms with van der Waals surface area (Å²) in [5, 5.41) is 15.7. The lowest BCUT2D eigenvalue weighted by Gasteiger charge is -2.58. The molecule has 4 fully saturated rings. The molecule has 0 aromatic heterocycles. The lowest BCUT2D eigenvalue weighted by Crippen LogP contribution is -2.98. The number of carbonyl (C=O) groups is 1. The largest absolute Gasteiger partial charge is 0.334 e. The Hall–Kier alpha value is -2.02. The highest BCUT2D eigenvalue weighted by Gasteiger charge is 2.54. The zero-order valence-corrected chi connectivity index (χ0v) is 16.5. The molecule has 1 amide bonds. The van der Waals surface area contributed by atoms with E-state index in [9.17, 15) is 19.3 Å². The lowest BCUT2D eigenvalue weighted by atomic mass is 9.48. The van der Waals surface area contributed by atoms with Crippen molar-refractivity contribution in [2.24, 2.45) is 23.2 Å². The molecule has 0 heterocycles. The van der Waals surface area contributed by atoms with Gasteiger partial charge in [0.05, 0.1) is 11.0 Å². The summed E-state index contributed by atoms with van der Waals surface area (Å²) in [6.45, 7) is 4.12. The Morgan fingerprint density at radius 1 is 1.21 bits per heavy atom. The van der Waals surface area contributed by atoms with E-state index in [0.717, 1.165) is 29.9 Å². The van der Waals surface area contributed by atoms with E-state index in [0.29, 0.717) is 11.5 Å². The summed E-state index contributed by atoms with van der Waals surface area (Å²) in [5.74, 6) is 1.48. The van der Waals surface area contributed by atoms with Crippen LogP contribution in [0.2, 0.25) is 0 Å². The SMILES string of the molecule is C[C@H]([NH2+][C@H](C)C(=O)Nc1ccc(F)c([N+](=O)[O-])c1)C12CC3CC(CC(C3)C1)C2. The highest BCUT2D eigenvalue weighted by atomic mass is 19.1. The number of carbonyl (C=O) groups excluding carboxylic acids is 1. The standard InChI is InChI=1S/C21H28FN3O3/c1-12(20(26)24-17-3-4-18(22)19(8-17)25(27)28)23-13(2)21-9-14-5-15(10-21)7-16(6-14)11-21/h3-4,8,12-16,23H,5-7,9-11H2,1-2H3,(H,24,26)/p+1/t12-,13+,14?,15?,16?,21?/m1/s1. The predicted octanol–water partition coefficient (Wildman–Crippen LogP) is 3.23. The normalized spacial score (nSPS) is 32.8. The van der Waals surface area contributed by atoms with E-state index in [2.05, 4.69) is 17.6 Å². The van der Waals surface area contributed by atoms with Gasteiger partial charge in [0.1, 0.15) is 0 Å². The third-order valence-corrected chi connectivity index (χ3v) is 7.45. The molecule has 2 atom stereocenters. The molecule has 0 radical (unpaired) electrons. The number of nitro groups is 1. The first-order chi connectivity index (χ1) is 13.3. The molecule has 1 aromatic rings. The monoisotopic (exact) mass is 390 g/mol. The first-order valence-corrected chi connectivity index (χ1v) is 10.4. The van der Waals surface area contributed by atoms with Crippen molar-refractivity contribution in [2.75, 3.05) is 5.32 Å². The van der Waals surface area contributed by atoms with Gasteiger partial charge in [0.15, 0.2) is 6.04 Å². The third kappa shape index (κ3) is 3.52. The molecule has 0 saturated heterocycles. The number of anilines is 1. The van der Waals surface area contributed by atoms with Gasteiger partial charge in [0, 0.05) is 17.2 Å². The van der Waals surface area contributed by atoms with Crippen LogP contribution in [0.1, 0.15) is 52.4 Å². The number of nitrogens with two attached hydrogens (primary N) is 1. The number of benzene rings is 1. The van der Waals surface area contributed by atoms with Crippen molar-refractivity contribution in [1.29, 1.82) is 0 Å². The van der Waals surface area contributed by atoms with Crippen LogP contribution in [0.5, 0.6) is 0 Å². The van der Waals surface area contributed by atoms with Gasteiger partial charge in [0.25, 0.3) is 5.91 Å². The molecular formula is C21H29FN3O3+. The number of nitrogens with one attached hydrogen (secondary N) is 1. The molecule has 28 heavy (non-hydrogen) atoms. The second-order valence-electron chi connectivity index (χ2n) is 9.46. The molecule has 152 valence electrons. The van der Waals surface area contributed by atoms with Crippen LogP contribution < -0.4 is 10.6 Å². The molecule has 0 unspecified atom stereocenters. The Labute approximate surface area is 164 Å². The Morgan fingerprint density at radius 3 is 2.32 bits per heavy atom. The Morgan fingerprint density at radius 2 is 1.79 bits per heavy atom. The summed E-state index contributed by atoms with van der Waals surface area (Å²) in [7, 11) is 0. The minimum Gasteiger partial charge on any atom is -0.334 e. The number of nitro benzene ring substituents is 1. The quantitative estimate of drug-likeness (QED) is 0.577. The minimum absolute atomic E-state index is 0.211. The minimum atomic E-state index is -0.905. The number of amides is 1. The Kier molecular flexibility index (Phi) is 4.89. The molecular weight excluding hydrogens is 361 g/mol. The van der Waals surface area contributed by atoms with E-state index in [-0.39, 0.29) is 17.6 Å². The van der Waals surface area contributed by atoms with Gasteiger partial charge in [-0.2, -0.15) is 4.39 Å². The van der Waals surface area contributed by atoms with Crippen LogP contribution in [-0.4, -0.2) is 22.9 Å². The van der Waals surface area contributed by atoms with Crippen LogP contribution in [0, 0.1) is 39.1 Å². The molecule has 5 rings (SSSR count). The van der Waals surface area contributed by atoms with Crippen LogP contribution in [0.3, 0.4) is 0 Å². The van der Waals surface area contributed by atoms with E-state index in [4.69, 9.17) is 0 Å². The van der Waals surface area contributed by atoms with Gasteiger partial charge in [-0.05, 0) is 82.3 Å². The van der Waals surface area contributed by atoms with Crippen molar-refractivity contribution in [3.05, 3.63) is 34.1 Å². The maximum absolute atomic E-state index is 13.5. The van der Waals surface area contributed by atoms with Crippen molar-refractivity contribution in [2.45, 2.75) is 64.5 Å². The van der Waals surface area contributed by atoms with Crippen molar-refractivity contribution in [3.63, 3.8) is 0 Å². The van der Waals surface area contributed by atoms with Gasteiger partial charge in [0.2, 0.25) is 5.82 Å². The van der Waals surface area contributed by atoms with E-state index in [1.54, 1.807) is 0 Å². The number of hydrogen-bond donors (Lipinski definition) is 2. The smallest absolute Gasteiger partial charge is 0.306 e. The molecule has 4 bridgehead atoms. The maximum atomic E-state index is 13.5. The van der Waals surface area contributed by atoms with Gasteiger partial charge in [-0.3, -0.25) is 14.9 Å². The molecule has 4 aliphatic carbocycles. The fourth-order valence-corrected chi connectivity index (χ4v) is 6.45. The summed E-state index contributed by atoms with van der Waals surface area (Å²) in [5.41, 5.74) is -0.0324. The molecule has 6 nitrogen and oxygen atoms in total. The number of quaternary nitrogens is 1. The van der Waals surface area contributed by atoms with Gasteiger partial charge < -0.3 is 10.6 Å². The van der Waals surface area contributed by atoms with Crippen LogP contribution in [0.4, 0.5) is 15.8 Å². The molecule has 1 aromatic carbocycles. The van der Waals surface area contributed by atoms with Crippen molar-refractivity contribution < 1.29 is 19.4 Å². The Balaban J connectivity index is 1.40. The van der Waals surface area contributed by atoms with Gasteiger partial charge in [-0.15, -0.1) is 0 Å². The average Bonchev–Trinajstić information content (AvgIpc) is 2.61. The highest BCUT2D eigenvalue weighted by molar-refractivity contribution is 5.93. The summed E-state index contributed by atoms with van der Waals surface area (Å²) >= 11 is 0. The van der Waals surface area contributed by atoms with Crippen molar-refractivity contribution >= 4 is 17.3 Å². The van der Waals surface area contributed by atoms with E-state index < -0.39 is 16.4 Å². The predicted molar refractivity (Wildman–Crippen MR) is 103 cm³/mol. The Bertz CT molecular complexity index is 762. The highest BCUT2D eigenvalue weighted by Crippen LogP contribution is 2.60. The zero-order chi connectivity index (χ0) is 20.1. The van der Waals surface area contributed by atoms with Gasteiger partial charge in [-0.1, -0.05) is 0 Å². The number of halogens is 1. The summed E-state index contributed by atoms with van der Waals surface area (Å²) < 4.78 is 13.5. The van der Waals surface area contributed by atoms with Gasteiger partial charge >= 0.3 is 5.69 Å². The van der Waals surface area contributed by atoms with E-state index >= 15 is 0 Å². The zero-order valence-electron chi connectivity index (χ0n) is 16.5. The lowest BCUT2D eigenvalue weighted by molar-refractivity contribution is -0.718. The van der Waals surface area contributed by atoms with E-state index in [1.165, 1.54) is 44.6 Å². The summed E-state index contributed by atoms with van der Waals surface area (Å²) in [6.07, 6.45) is 8.04. The first-order valence-electron chi connectivity index (χ1n) is 10.4. The molecule has 0 aliphatic heterocycles. The van der Waals surface area contributed by atoms with Crippen LogP contribution in [-0.2, 0) is 4.79 Å². The number of nitrogens with zero attached hydrogens (tertiary/aromatic N) is 1. The van der Waals surface area contributed by atoms with Crippen LogP contribution in [0.25, 0.3) is 0 Å². The fourth-order valence-electron chi connectivity index (χ4n) is 6.45. The van der Waals surface area contributed by atoms with Gasteiger partial charge in [-0.25, -0.2) is 0 Å². The number of hydrogen-bond acceptors (Lipinski definition) is 3. The molecule has 0 spiro atoms. The fraction of sp³-hybridized carbons (Fsp3) is 0.667. The van der Waals surface area contributed by atoms with Crippen molar-refractivity contribution in [3.8, 4) is 0 Å². The summed E-state index contributed by atoms with van der Waals surface area (Å²) in [4.78, 5) is 22.7. The molecule has 4 saturated carbocycles. The molecule has 3 N–H and O–H groups in total. The molecule has 7 heteroatoms. The summed E-state index contributed by atoms with van der Waals surface area (Å²) in [6, 6.07) is 3.49. The maximum Gasteiger partial charge on any atom is 0.306 e. The molecule has 4 aliphatic rings. The van der Waals surface area contributed by atoms with Crippen LogP contribution in [0.15, 0.2) is 18.2 Å². The van der Waals surface area contributed by atoms with Crippen LogP contribution >= 0.6 is 0 Å². The second kappa shape index (κ2) is 7.10. The number of rotatable bonds is 6. The van der Waals surface area contributed by atoms with Crippen molar-refractivity contribution in [1.82, 2.24) is 0 Å². The van der Waals surface area contributed by atoms with E-state index in [1.807, 2.05) is 6.92 Å². The third-order valence-electron chi connectivity index (χ3n) is 7.45. The average molecular weight is 390 g/mol.